The number of likely N-dealkylation sites (tertiary alicyclic amines) is 1. The van der Waals surface area contributed by atoms with Crippen LogP contribution in [0.3, 0.4) is 0 Å². The van der Waals surface area contributed by atoms with Crippen LogP contribution in [0, 0.1) is 11.8 Å². The molecule has 0 saturated carbocycles. The molecule has 0 aliphatic carbocycles. The molecule has 1 fully saturated rings. The number of guanidine groups is 1. The largest absolute Gasteiger partial charge is 0.475 e. The Morgan fingerprint density at radius 3 is 2.75 bits per heavy atom. The molecule has 1 aliphatic heterocycles. The van der Waals surface area contributed by atoms with Crippen molar-refractivity contribution in [3.8, 4) is 5.88 Å². The van der Waals surface area contributed by atoms with E-state index >= 15 is 0 Å². The lowest BCUT2D eigenvalue weighted by molar-refractivity contribution is 0.143. The van der Waals surface area contributed by atoms with E-state index < -0.39 is 0 Å². The van der Waals surface area contributed by atoms with Crippen molar-refractivity contribution in [3.05, 3.63) is 23.9 Å². The first-order valence-corrected chi connectivity index (χ1v) is 8.65. The third-order valence-electron chi connectivity index (χ3n) is 4.19. The van der Waals surface area contributed by atoms with E-state index in [1.165, 1.54) is 6.42 Å². The van der Waals surface area contributed by atoms with Crippen molar-refractivity contribution in [2.75, 3.05) is 40.5 Å². The SMILES string of the molecule is CN=C(NCc1cccnc1OCCOC)N1CC(C)CC(C)C1. The van der Waals surface area contributed by atoms with Crippen molar-refractivity contribution in [2.45, 2.75) is 26.8 Å². The second kappa shape index (κ2) is 9.47. The Kier molecular flexibility index (Phi) is 7.31. The van der Waals surface area contributed by atoms with Crippen LogP contribution in [0.5, 0.6) is 5.88 Å². The van der Waals surface area contributed by atoms with Crippen molar-refractivity contribution in [1.82, 2.24) is 15.2 Å². The molecule has 24 heavy (non-hydrogen) atoms. The van der Waals surface area contributed by atoms with E-state index in [0.29, 0.717) is 37.5 Å². The molecule has 6 heteroatoms. The standard InChI is InChI=1S/C18H30N4O2/c1-14-10-15(2)13-22(12-14)18(19-3)21-11-16-6-5-7-20-17(16)24-9-8-23-4/h5-7,14-15H,8-13H2,1-4H3,(H,19,21). The van der Waals surface area contributed by atoms with Crippen LogP contribution in [-0.2, 0) is 11.3 Å². The average molecular weight is 334 g/mol. The van der Waals surface area contributed by atoms with Crippen molar-refractivity contribution in [3.63, 3.8) is 0 Å². The Morgan fingerprint density at radius 2 is 2.08 bits per heavy atom. The van der Waals surface area contributed by atoms with Crippen molar-refractivity contribution < 1.29 is 9.47 Å². The smallest absolute Gasteiger partial charge is 0.218 e. The van der Waals surface area contributed by atoms with Crippen LogP contribution in [0.1, 0.15) is 25.8 Å². The number of hydrogen-bond acceptors (Lipinski definition) is 4. The summed E-state index contributed by atoms with van der Waals surface area (Å²) in [5.41, 5.74) is 1.02. The number of aliphatic imine (C=N–C) groups is 1. The zero-order valence-corrected chi connectivity index (χ0v) is 15.3. The molecule has 0 bridgehead atoms. The van der Waals surface area contributed by atoms with E-state index in [2.05, 4.69) is 34.0 Å². The third-order valence-corrected chi connectivity index (χ3v) is 4.19. The van der Waals surface area contributed by atoms with Gasteiger partial charge in [-0.25, -0.2) is 4.98 Å². The first-order valence-electron chi connectivity index (χ1n) is 8.65. The maximum absolute atomic E-state index is 5.69. The molecule has 1 aromatic rings. The number of nitrogens with one attached hydrogen (secondary N) is 1. The number of ether oxygens (including phenoxy) is 2. The summed E-state index contributed by atoms with van der Waals surface area (Å²) in [6, 6.07) is 3.95. The lowest BCUT2D eigenvalue weighted by Crippen LogP contribution is -2.48. The molecule has 6 nitrogen and oxygen atoms in total. The van der Waals surface area contributed by atoms with Gasteiger partial charge in [-0.3, -0.25) is 4.99 Å². The predicted molar refractivity (Wildman–Crippen MR) is 96.3 cm³/mol. The van der Waals surface area contributed by atoms with Gasteiger partial charge >= 0.3 is 0 Å². The van der Waals surface area contributed by atoms with E-state index in [0.717, 1.165) is 24.6 Å². The summed E-state index contributed by atoms with van der Waals surface area (Å²) in [5, 5.41) is 3.45. The second-order valence-electron chi connectivity index (χ2n) is 6.56. The molecule has 2 atom stereocenters. The highest BCUT2D eigenvalue weighted by Gasteiger charge is 2.24. The molecule has 134 valence electrons. The van der Waals surface area contributed by atoms with Crippen LogP contribution in [0.15, 0.2) is 23.3 Å². The minimum absolute atomic E-state index is 0.496. The molecule has 2 rings (SSSR count). The normalized spacial score (nSPS) is 21.7. The summed E-state index contributed by atoms with van der Waals surface area (Å²) in [6.07, 6.45) is 3.03. The van der Waals surface area contributed by atoms with Gasteiger partial charge in [0.05, 0.1) is 6.61 Å². The zero-order chi connectivity index (χ0) is 17.4. The van der Waals surface area contributed by atoms with Crippen LogP contribution in [0.2, 0.25) is 0 Å². The third kappa shape index (κ3) is 5.37. The molecule has 1 aromatic heterocycles. The van der Waals surface area contributed by atoms with Gasteiger partial charge in [0.15, 0.2) is 5.96 Å². The van der Waals surface area contributed by atoms with Crippen molar-refractivity contribution >= 4 is 5.96 Å². The number of methoxy groups -OCH3 is 1. The minimum atomic E-state index is 0.496. The molecule has 0 radical (unpaired) electrons. The molecule has 0 spiro atoms. The van der Waals surface area contributed by atoms with Crippen LogP contribution in [-0.4, -0.2) is 56.3 Å². The Balaban J connectivity index is 1.96. The Morgan fingerprint density at radius 1 is 1.33 bits per heavy atom. The van der Waals surface area contributed by atoms with Crippen LogP contribution in [0.25, 0.3) is 0 Å². The number of pyridine rings is 1. The zero-order valence-electron chi connectivity index (χ0n) is 15.3. The van der Waals surface area contributed by atoms with Crippen LogP contribution in [0.4, 0.5) is 0 Å². The Bertz CT molecular complexity index is 526. The molecule has 1 N–H and O–H groups in total. The summed E-state index contributed by atoms with van der Waals surface area (Å²) in [4.78, 5) is 11.1. The van der Waals surface area contributed by atoms with Crippen LogP contribution >= 0.6 is 0 Å². The van der Waals surface area contributed by atoms with Crippen molar-refractivity contribution in [1.29, 1.82) is 0 Å². The highest BCUT2D eigenvalue weighted by molar-refractivity contribution is 5.80. The molecule has 2 unspecified atom stereocenters. The van der Waals surface area contributed by atoms with Gasteiger partial charge in [-0.05, 0) is 24.3 Å². The Hall–Kier alpha value is -1.82. The molecular formula is C18H30N4O2. The van der Waals surface area contributed by atoms with E-state index in [-0.39, 0.29) is 0 Å². The van der Waals surface area contributed by atoms with Crippen LogP contribution < -0.4 is 10.1 Å². The second-order valence-corrected chi connectivity index (χ2v) is 6.56. The summed E-state index contributed by atoms with van der Waals surface area (Å²) in [7, 11) is 3.50. The van der Waals surface area contributed by atoms with Crippen molar-refractivity contribution in [2.24, 2.45) is 16.8 Å². The molecule has 1 aliphatic rings. The van der Waals surface area contributed by atoms with Gasteiger partial charge in [0, 0.05) is 45.6 Å². The summed E-state index contributed by atoms with van der Waals surface area (Å²) in [6.45, 7) is 8.40. The number of hydrogen-bond donors (Lipinski definition) is 1. The summed E-state index contributed by atoms with van der Waals surface area (Å²) in [5.74, 6) is 2.98. The highest BCUT2D eigenvalue weighted by Crippen LogP contribution is 2.21. The van der Waals surface area contributed by atoms with Gasteiger partial charge in [0.25, 0.3) is 0 Å². The average Bonchev–Trinajstić information content (AvgIpc) is 2.56. The van der Waals surface area contributed by atoms with Gasteiger partial charge < -0.3 is 19.7 Å². The van der Waals surface area contributed by atoms with E-state index in [1.54, 1.807) is 13.3 Å². The first-order chi connectivity index (χ1) is 11.6. The highest BCUT2D eigenvalue weighted by atomic mass is 16.5. The maximum Gasteiger partial charge on any atom is 0.218 e. The fourth-order valence-corrected chi connectivity index (χ4v) is 3.25. The molecule has 1 saturated heterocycles. The van der Waals surface area contributed by atoms with Gasteiger partial charge in [-0.15, -0.1) is 0 Å². The summed E-state index contributed by atoms with van der Waals surface area (Å²) >= 11 is 0. The van der Waals surface area contributed by atoms with E-state index in [9.17, 15) is 0 Å². The number of aromatic nitrogens is 1. The Labute approximate surface area is 145 Å². The van der Waals surface area contributed by atoms with E-state index in [1.807, 2.05) is 19.2 Å². The van der Waals surface area contributed by atoms with Gasteiger partial charge in [-0.2, -0.15) is 0 Å². The number of piperidine rings is 1. The predicted octanol–water partition coefficient (Wildman–Crippen LogP) is 2.16. The van der Waals surface area contributed by atoms with E-state index in [4.69, 9.17) is 9.47 Å². The fraction of sp³-hybridized carbons (Fsp3) is 0.667. The molecule has 2 heterocycles. The monoisotopic (exact) mass is 334 g/mol. The molecule has 0 aromatic carbocycles. The first kappa shape index (κ1) is 18.5. The fourth-order valence-electron chi connectivity index (χ4n) is 3.25. The minimum Gasteiger partial charge on any atom is -0.475 e. The maximum atomic E-state index is 5.69. The molecular weight excluding hydrogens is 304 g/mol. The topological polar surface area (TPSA) is 59.0 Å². The number of rotatable bonds is 6. The quantitative estimate of drug-likeness (QED) is 0.491. The molecule has 0 amide bonds. The van der Waals surface area contributed by atoms with Gasteiger partial charge in [0.1, 0.15) is 6.61 Å². The lowest BCUT2D eigenvalue weighted by atomic mass is 9.92. The van der Waals surface area contributed by atoms with Gasteiger partial charge in [0.2, 0.25) is 5.88 Å². The van der Waals surface area contributed by atoms with Gasteiger partial charge in [-0.1, -0.05) is 19.9 Å². The summed E-state index contributed by atoms with van der Waals surface area (Å²) < 4.78 is 10.7. The number of nitrogens with zero attached hydrogens (tertiary/aromatic N) is 3. The lowest BCUT2D eigenvalue weighted by Gasteiger charge is -2.37.